The molecule has 0 unspecified atom stereocenters. The van der Waals surface area contributed by atoms with Crippen LogP contribution in [0.3, 0.4) is 0 Å². The first-order chi connectivity index (χ1) is 16.9. The predicted molar refractivity (Wildman–Crippen MR) is 133 cm³/mol. The van der Waals surface area contributed by atoms with E-state index in [1.165, 1.54) is 42.5 Å². The zero-order valence-corrected chi connectivity index (χ0v) is 19.5. The number of para-hydroxylation sites is 2. The minimum Gasteiger partial charge on any atom is -0.491 e. The fraction of sp³-hybridized carbons (Fsp3) is 0.0741. The second-order valence-corrected chi connectivity index (χ2v) is 9.26. The number of sulfonamides is 1. The normalized spacial score (nSPS) is 11.0. The summed E-state index contributed by atoms with van der Waals surface area (Å²) in [6, 6.07) is 28.4. The molecule has 0 radical (unpaired) electrons. The van der Waals surface area contributed by atoms with Gasteiger partial charge in [0.25, 0.3) is 15.9 Å². The predicted octanol–water partition coefficient (Wildman–Crippen LogP) is 5.10. The van der Waals surface area contributed by atoms with E-state index in [0.717, 1.165) is 17.2 Å². The number of ether oxygens (including phenoxy) is 1. The molecule has 2 N–H and O–H groups in total. The van der Waals surface area contributed by atoms with Crippen LogP contribution in [0.15, 0.2) is 108 Å². The van der Waals surface area contributed by atoms with Gasteiger partial charge in [0.05, 0.1) is 17.1 Å². The molecule has 4 aromatic carbocycles. The Kier molecular flexibility index (Phi) is 7.42. The minimum absolute atomic E-state index is 0.0850. The standard InChI is InChI=1S/C27H23FN2O4S/c28-24-11-5-6-12-25(24)30-35(32,33)22-16-14-21(15-17-22)27(31)29-18-19-34-26-13-7-4-10-23(26)20-8-2-1-3-9-20/h1-17,30H,18-19H2,(H,29,31). The summed E-state index contributed by atoms with van der Waals surface area (Å²) in [6.07, 6.45) is 0. The molecule has 4 rings (SSSR count). The number of benzene rings is 4. The van der Waals surface area contributed by atoms with Crippen molar-refractivity contribution < 1.29 is 22.3 Å². The first-order valence-corrected chi connectivity index (χ1v) is 12.4. The summed E-state index contributed by atoms with van der Waals surface area (Å²) < 4.78 is 46.9. The molecule has 1 amide bonds. The summed E-state index contributed by atoms with van der Waals surface area (Å²) in [4.78, 5) is 12.4. The third-order valence-corrected chi connectivity index (χ3v) is 6.54. The zero-order valence-electron chi connectivity index (χ0n) is 18.6. The molecule has 0 heterocycles. The van der Waals surface area contributed by atoms with Gasteiger partial charge in [-0.05, 0) is 48.0 Å². The van der Waals surface area contributed by atoms with Gasteiger partial charge >= 0.3 is 0 Å². The SMILES string of the molecule is O=C(NCCOc1ccccc1-c1ccccc1)c1ccc(S(=O)(=O)Nc2ccccc2F)cc1. The largest absolute Gasteiger partial charge is 0.491 e. The lowest BCUT2D eigenvalue weighted by Gasteiger charge is -2.12. The van der Waals surface area contributed by atoms with Crippen molar-refractivity contribution in [3.05, 3.63) is 115 Å². The van der Waals surface area contributed by atoms with Gasteiger partial charge in [-0.1, -0.05) is 60.7 Å². The molecular weight excluding hydrogens is 467 g/mol. The average Bonchev–Trinajstić information content (AvgIpc) is 2.88. The van der Waals surface area contributed by atoms with Crippen molar-refractivity contribution >= 4 is 21.6 Å². The second kappa shape index (κ2) is 10.8. The monoisotopic (exact) mass is 490 g/mol. The van der Waals surface area contributed by atoms with Crippen LogP contribution in [0, 0.1) is 5.82 Å². The molecule has 0 atom stereocenters. The van der Waals surface area contributed by atoms with Gasteiger partial charge in [-0.25, -0.2) is 12.8 Å². The Hall–Kier alpha value is -4.17. The summed E-state index contributed by atoms with van der Waals surface area (Å²) in [6.45, 7) is 0.519. The van der Waals surface area contributed by atoms with E-state index in [4.69, 9.17) is 4.74 Å². The molecule has 6 nitrogen and oxygen atoms in total. The number of carbonyl (C=O) groups excluding carboxylic acids is 1. The summed E-state index contributed by atoms with van der Waals surface area (Å²) in [5.74, 6) is -0.332. The van der Waals surface area contributed by atoms with Gasteiger partial charge in [0.15, 0.2) is 0 Å². The maximum Gasteiger partial charge on any atom is 0.261 e. The van der Waals surface area contributed by atoms with Crippen LogP contribution in [-0.2, 0) is 10.0 Å². The number of hydrogen-bond donors (Lipinski definition) is 2. The molecule has 0 aromatic heterocycles. The van der Waals surface area contributed by atoms with E-state index < -0.39 is 15.8 Å². The van der Waals surface area contributed by atoms with E-state index in [9.17, 15) is 17.6 Å². The topological polar surface area (TPSA) is 84.5 Å². The Bertz CT molecular complexity index is 1410. The molecule has 0 saturated heterocycles. The Morgan fingerprint density at radius 2 is 1.46 bits per heavy atom. The zero-order chi connectivity index (χ0) is 24.7. The molecule has 178 valence electrons. The first kappa shape index (κ1) is 24.0. The Morgan fingerprint density at radius 3 is 2.20 bits per heavy atom. The lowest BCUT2D eigenvalue weighted by Crippen LogP contribution is -2.28. The third kappa shape index (κ3) is 6.04. The Labute approximate surface area is 203 Å². The first-order valence-electron chi connectivity index (χ1n) is 10.9. The van der Waals surface area contributed by atoms with E-state index >= 15 is 0 Å². The summed E-state index contributed by atoms with van der Waals surface area (Å²) in [5.41, 5.74) is 2.13. The number of halogens is 1. The van der Waals surface area contributed by atoms with Crippen molar-refractivity contribution in [2.24, 2.45) is 0 Å². The Balaban J connectivity index is 1.32. The van der Waals surface area contributed by atoms with Gasteiger partial charge in [-0.2, -0.15) is 0 Å². The van der Waals surface area contributed by atoms with Crippen LogP contribution in [0.5, 0.6) is 5.75 Å². The minimum atomic E-state index is -4.00. The van der Waals surface area contributed by atoms with Crippen molar-refractivity contribution in [3.8, 4) is 16.9 Å². The number of nitrogens with one attached hydrogen (secondary N) is 2. The number of rotatable bonds is 9. The van der Waals surface area contributed by atoms with Crippen molar-refractivity contribution in [2.75, 3.05) is 17.9 Å². The van der Waals surface area contributed by atoms with Crippen LogP contribution in [-0.4, -0.2) is 27.5 Å². The lowest BCUT2D eigenvalue weighted by molar-refractivity contribution is 0.0947. The molecule has 0 aliphatic heterocycles. The van der Waals surface area contributed by atoms with E-state index in [0.29, 0.717) is 11.3 Å². The molecule has 0 fully saturated rings. The Morgan fingerprint density at radius 1 is 0.800 bits per heavy atom. The van der Waals surface area contributed by atoms with E-state index in [1.54, 1.807) is 0 Å². The van der Waals surface area contributed by atoms with Crippen molar-refractivity contribution in [1.29, 1.82) is 0 Å². The average molecular weight is 491 g/mol. The summed E-state index contributed by atoms with van der Waals surface area (Å²) in [7, 11) is -4.00. The highest BCUT2D eigenvalue weighted by Gasteiger charge is 2.17. The highest BCUT2D eigenvalue weighted by Crippen LogP contribution is 2.29. The fourth-order valence-corrected chi connectivity index (χ4v) is 4.48. The van der Waals surface area contributed by atoms with Gasteiger partial charge in [-0.15, -0.1) is 0 Å². The van der Waals surface area contributed by atoms with Crippen molar-refractivity contribution in [3.63, 3.8) is 0 Å². The number of hydrogen-bond acceptors (Lipinski definition) is 4. The molecule has 0 aliphatic rings. The molecule has 4 aromatic rings. The van der Waals surface area contributed by atoms with Gasteiger partial charge in [-0.3, -0.25) is 9.52 Å². The summed E-state index contributed by atoms with van der Waals surface area (Å²) >= 11 is 0. The molecule has 0 saturated carbocycles. The van der Waals surface area contributed by atoms with E-state index in [-0.39, 0.29) is 29.6 Å². The van der Waals surface area contributed by atoms with Gasteiger partial charge in [0, 0.05) is 11.1 Å². The van der Waals surface area contributed by atoms with Gasteiger partial charge in [0.1, 0.15) is 18.2 Å². The highest BCUT2D eigenvalue weighted by atomic mass is 32.2. The van der Waals surface area contributed by atoms with Gasteiger partial charge in [0.2, 0.25) is 0 Å². The highest BCUT2D eigenvalue weighted by molar-refractivity contribution is 7.92. The quantitative estimate of drug-likeness (QED) is 0.320. The number of anilines is 1. The van der Waals surface area contributed by atoms with Crippen LogP contribution < -0.4 is 14.8 Å². The molecule has 35 heavy (non-hydrogen) atoms. The molecule has 0 bridgehead atoms. The molecule has 8 heteroatoms. The van der Waals surface area contributed by atoms with Crippen LogP contribution >= 0.6 is 0 Å². The van der Waals surface area contributed by atoms with Gasteiger partial charge < -0.3 is 10.1 Å². The van der Waals surface area contributed by atoms with Crippen molar-refractivity contribution in [1.82, 2.24) is 5.32 Å². The van der Waals surface area contributed by atoms with Crippen molar-refractivity contribution in [2.45, 2.75) is 4.90 Å². The number of carbonyl (C=O) groups is 1. The molecule has 0 aliphatic carbocycles. The van der Waals surface area contributed by atoms with Crippen LogP contribution in [0.4, 0.5) is 10.1 Å². The number of amides is 1. The van der Waals surface area contributed by atoms with E-state index in [2.05, 4.69) is 10.0 Å². The van der Waals surface area contributed by atoms with E-state index in [1.807, 2.05) is 54.6 Å². The summed E-state index contributed by atoms with van der Waals surface area (Å²) in [5, 5.41) is 2.76. The smallest absolute Gasteiger partial charge is 0.261 e. The second-order valence-electron chi connectivity index (χ2n) is 7.58. The third-order valence-electron chi connectivity index (χ3n) is 5.16. The van der Waals surface area contributed by atoms with Crippen LogP contribution in [0.2, 0.25) is 0 Å². The maximum absolute atomic E-state index is 13.8. The van der Waals surface area contributed by atoms with Crippen LogP contribution in [0.1, 0.15) is 10.4 Å². The van der Waals surface area contributed by atoms with Crippen LogP contribution in [0.25, 0.3) is 11.1 Å². The lowest BCUT2D eigenvalue weighted by atomic mass is 10.1. The fourth-order valence-electron chi connectivity index (χ4n) is 3.41. The maximum atomic E-state index is 13.8. The molecular formula is C27H23FN2O4S. The molecule has 0 spiro atoms.